The number of carboxylic acids is 1. The smallest absolute Gasteiger partial charge is 0.335 e. The number of amides is 3. The summed E-state index contributed by atoms with van der Waals surface area (Å²) in [5.74, 6) is -2.48. The molecule has 3 N–H and O–H groups in total. The van der Waals surface area contributed by atoms with E-state index >= 15 is 0 Å². The maximum Gasteiger partial charge on any atom is 0.335 e. The summed E-state index contributed by atoms with van der Waals surface area (Å²) >= 11 is 12.3. The Bertz CT molecular complexity index is 1430. The Morgan fingerprint density at radius 1 is 0.892 bits per heavy atom. The molecule has 0 atom stereocenters. The van der Waals surface area contributed by atoms with Crippen LogP contribution in [0.15, 0.2) is 77.5 Å². The average Bonchev–Trinajstić information content (AvgIpc) is 3.09. The molecule has 37 heavy (non-hydrogen) atoms. The number of aryl methyl sites for hydroxylation is 1. The molecular weight excluding hydrogens is 517 g/mol. The van der Waals surface area contributed by atoms with Crippen LogP contribution in [0.1, 0.15) is 27.0 Å². The summed E-state index contributed by atoms with van der Waals surface area (Å²) in [4.78, 5) is 49.8. The first-order chi connectivity index (χ1) is 17.6. The van der Waals surface area contributed by atoms with E-state index in [1.807, 2.05) is 6.92 Å². The highest BCUT2D eigenvalue weighted by atomic mass is 35.5. The van der Waals surface area contributed by atoms with Crippen LogP contribution >= 0.6 is 23.2 Å². The van der Waals surface area contributed by atoms with E-state index in [0.717, 1.165) is 21.6 Å². The Hall–Kier alpha value is -4.14. The van der Waals surface area contributed by atoms with Crippen LogP contribution in [0.2, 0.25) is 5.02 Å². The molecule has 8 nitrogen and oxygen atoms in total. The van der Waals surface area contributed by atoms with Gasteiger partial charge in [-0.1, -0.05) is 53.5 Å². The van der Waals surface area contributed by atoms with E-state index in [4.69, 9.17) is 28.3 Å². The fourth-order valence-electron chi connectivity index (χ4n) is 3.63. The van der Waals surface area contributed by atoms with Gasteiger partial charge in [0.25, 0.3) is 11.8 Å². The van der Waals surface area contributed by atoms with Crippen molar-refractivity contribution in [1.82, 2.24) is 5.32 Å². The average molecular weight is 538 g/mol. The summed E-state index contributed by atoms with van der Waals surface area (Å²) in [6, 6.07) is 17.9. The molecule has 1 aliphatic rings. The first kappa shape index (κ1) is 25.9. The van der Waals surface area contributed by atoms with Crippen LogP contribution in [-0.4, -0.2) is 28.8 Å². The minimum atomic E-state index is -1.01. The van der Waals surface area contributed by atoms with Crippen molar-refractivity contribution in [2.45, 2.75) is 19.9 Å². The van der Waals surface area contributed by atoms with Crippen LogP contribution in [0.5, 0.6) is 0 Å². The number of anilines is 2. The van der Waals surface area contributed by atoms with Gasteiger partial charge in [0.2, 0.25) is 5.91 Å². The van der Waals surface area contributed by atoms with Gasteiger partial charge in [-0.15, -0.1) is 0 Å². The van der Waals surface area contributed by atoms with Crippen LogP contribution in [0.25, 0.3) is 0 Å². The maximum absolute atomic E-state index is 13.0. The SMILES string of the molecule is Cc1ccc(N2C(=O)C(Cl)=C(Nc3ccc(CC(=O)NCc4ccc(C(=O)O)cc4)cc3)C2=O)cc1Cl. The Kier molecular flexibility index (Phi) is 7.61. The minimum Gasteiger partial charge on any atom is -0.478 e. The highest BCUT2D eigenvalue weighted by Gasteiger charge is 2.39. The van der Waals surface area contributed by atoms with Gasteiger partial charge >= 0.3 is 5.97 Å². The van der Waals surface area contributed by atoms with E-state index in [0.29, 0.717) is 16.4 Å². The quantitative estimate of drug-likeness (QED) is 0.360. The van der Waals surface area contributed by atoms with Gasteiger partial charge in [0.15, 0.2) is 0 Å². The summed E-state index contributed by atoms with van der Waals surface area (Å²) in [6.07, 6.45) is 0.121. The molecule has 0 bridgehead atoms. The zero-order valence-electron chi connectivity index (χ0n) is 19.5. The first-order valence-corrected chi connectivity index (χ1v) is 11.9. The van der Waals surface area contributed by atoms with Crippen molar-refractivity contribution in [3.63, 3.8) is 0 Å². The van der Waals surface area contributed by atoms with Gasteiger partial charge in [0, 0.05) is 17.3 Å². The number of nitrogens with zero attached hydrogens (tertiary/aromatic N) is 1. The van der Waals surface area contributed by atoms with E-state index < -0.39 is 17.8 Å². The molecule has 3 aromatic carbocycles. The van der Waals surface area contributed by atoms with Gasteiger partial charge in [-0.2, -0.15) is 0 Å². The molecule has 1 aliphatic heterocycles. The maximum atomic E-state index is 13.0. The molecule has 0 unspecified atom stereocenters. The lowest BCUT2D eigenvalue weighted by Gasteiger charge is -2.16. The molecule has 3 aromatic rings. The summed E-state index contributed by atoms with van der Waals surface area (Å²) in [5, 5.41) is 14.8. The molecule has 3 amide bonds. The molecule has 0 fully saturated rings. The number of rotatable bonds is 8. The van der Waals surface area contributed by atoms with Crippen molar-refractivity contribution >= 4 is 58.3 Å². The number of imide groups is 1. The van der Waals surface area contributed by atoms with E-state index in [1.54, 1.807) is 48.5 Å². The van der Waals surface area contributed by atoms with Crippen molar-refractivity contribution in [3.8, 4) is 0 Å². The van der Waals surface area contributed by atoms with Gasteiger partial charge in [0.05, 0.1) is 17.7 Å². The van der Waals surface area contributed by atoms with Crippen LogP contribution in [0.4, 0.5) is 11.4 Å². The number of benzene rings is 3. The highest BCUT2D eigenvalue weighted by Crippen LogP contribution is 2.32. The zero-order valence-corrected chi connectivity index (χ0v) is 21.1. The third-order valence-corrected chi connectivity index (χ3v) is 6.48. The van der Waals surface area contributed by atoms with E-state index in [2.05, 4.69) is 10.6 Å². The molecule has 0 saturated heterocycles. The fraction of sp³-hybridized carbons (Fsp3) is 0.111. The standard InChI is InChI=1S/C27H21Cl2N3O5/c1-15-2-11-20(13-21(15)28)32-25(34)23(29)24(26(32)35)31-19-9-5-16(6-10-19)12-22(33)30-14-17-3-7-18(8-4-17)27(36)37/h2-11,13,31H,12,14H2,1H3,(H,30,33)(H,36,37). The third-order valence-electron chi connectivity index (χ3n) is 5.72. The lowest BCUT2D eigenvalue weighted by molar-refractivity contribution is -0.121. The minimum absolute atomic E-state index is 0.0530. The van der Waals surface area contributed by atoms with Gasteiger partial charge in [-0.3, -0.25) is 14.4 Å². The summed E-state index contributed by atoms with van der Waals surface area (Å²) in [7, 11) is 0. The number of hydrogen-bond donors (Lipinski definition) is 3. The predicted octanol–water partition coefficient (Wildman–Crippen LogP) is 4.64. The summed E-state index contributed by atoms with van der Waals surface area (Å²) in [5.41, 5.74) is 3.28. The number of aromatic carboxylic acids is 1. The van der Waals surface area contributed by atoms with Crippen LogP contribution in [0.3, 0.4) is 0 Å². The van der Waals surface area contributed by atoms with Gasteiger partial charge in [-0.05, 0) is 60.0 Å². The molecule has 0 aromatic heterocycles. The molecular formula is C27H21Cl2N3O5. The fourth-order valence-corrected chi connectivity index (χ4v) is 4.02. The van der Waals surface area contributed by atoms with Crippen molar-refractivity contribution in [2.75, 3.05) is 10.2 Å². The van der Waals surface area contributed by atoms with Crippen molar-refractivity contribution < 1.29 is 24.3 Å². The Balaban J connectivity index is 1.36. The lowest BCUT2D eigenvalue weighted by Crippen LogP contribution is -2.32. The second kappa shape index (κ2) is 10.9. The number of carboxylic acid groups (broad SMARTS) is 1. The number of hydrogen-bond acceptors (Lipinski definition) is 5. The number of halogens is 2. The van der Waals surface area contributed by atoms with E-state index in [9.17, 15) is 19.2 Å². The van der Waals surface area contributed by atoms with Crippen molar-refractivity contribution in [1.29, 1.82) is 0 Å². The molecule has 0 radical (unpaired) electrons. The predicted molar refractivity (Wildman–Crippen MR) is 141 cm³/mol. The number of carbonyl (C=O) groups excluding carboxylic acids is 3. The lowest BCUT2D eigenvalue weighted by atomic mass is 10.1. The number of carbonyl (C=O) groups is 4. The largest absolute Gasteiger partial charge is 0.478 e. The topological polar surface area (TPSA) is 116 Å². The Morgan fingerprint density at radius 2 is 1.54 bits per heavy atom. The molecule has 0 spiro atoms. The van der Waals surface area contributed by atoms with Gasteiger partial charge < -0.3 is 15.7 Å². The van der Waals surface area contributed by atoms with Crippen molar-refractivity contribution in [3.05, 3.63) is 105 Å². The zero-order chi connectivity index (χ0) is 26.7. The molecule has 0 saturated carbocycles. The highest BCUT2D eigenvalue weighted by molar-refractivity contribution is 6.53. The van der Waals surface area contributed by atoms with Gasteiger partial charge in [0.1, 0.15) is 10.7 Å². The molecule has 10 heteroatoms. The second-order valence-electron chi connectivity index (χ2n) is 8.35. The monoisotopic (exact) mass is 537 g/mol. The van der Waals surface area contributed by atoms with Gasteiger partial charge in [-0.25, -0.2) is 9.69 Å². The number of nitrogens with one attached hydrogen (secondary N) is 2. The molecule has 1 heterocycles. The van der Waals surface area contributed by atoms with Crippen molar-refractivity contribution in [2.24, 2.45) is 0 Å². The summed E-state index contributed by atoms with van der Waals surface area (Å²) < 4.78 is 0. The first-order valence-electron chi connectivity index (χ1n) is 11.1. The Labute approximate surface area is 222 Å². The van der Waals surface area contributed by atoms with Crippen LogP contribution in [-0.2, 0) is 27.3 Å². The normalized spacial score (nSPS) is 13.2. The second-order valence-corrected chi connectivity index (χ2v) is 9.13. The molecule has 0 aliphatic carbocycles. The van der Waals surface area contributed by atoms with Crippen LogP contribution in [0, 0.1) is 6.92 Å². The Morgan fingerprint density at radius 3 is 2.16 bits per heavy atom. The molecule has 188 valence electrons. The van der Waals surface area contributed by atoms with E-state index in [-0.39, 0.29) is 35.2 Å². The van der Waals surface area contributed by atoms with Crippen LogP contribution < -0.4 is 15.5 Å². The third kappa shape index (κ3) is 5.82. The van der Waals surface area contributed by atoms with E-state index in [1.165, 1.54) is 18.2 Å². The molecule has 4 rings (SSSR count). The summed E-state index contributed by atoms with van der Waals surface area (Å²) in [6.45, 7) is 2.08.